The molecule has 12 heteroatoms. The molecule has 0 spiro atoms. The molecule has 0 heterocycles. The molecule has 0 radical (unpaired) electrons. The molecule has 0 aliphatic heterocycles. The molecular weight excluding hydrogens is 400 g/mol. The number of nitrogens with one attached hydrogen (secondary N) is 3. The Labute approximate surface area is 172 Å². The highest BCUT2D eigenvalue weighted by atomic mass is 16.4. The Kier molecular flexibility index (Phi) is 9.68. The predicted octanol–water partition coefficient (Wildman–Crippen LogP) is -3.19. The van der Waals surface area contributed by atoms with Crippen molar-refractivity contribution in [3.05, 3.63) is 29.8 Å². The van der Waals surface area contributed by atoms with Gasteiger partial charge in [-0.15, -0.1) is 0 Å². The molecule has 1 rings (SSSR count). The monoisotopic (exact) mass is 426 g/mol. The van der Waals surface area contributed by atoms with Gasteiger partial charge in [0.15, 0.2) is 0 Å². The third-order valence-electron chi connectivity index (χ3n) is 4.07. The Balaban J connectivity index is 2.87. The molecule has 166 valence electrons. The average Bonchev–Trinajstić information content (AvgIpc) is 2.70. The molecule has 4 atom stereocenters. The molecule has 0 fully saturated rings. The van der Waals surface area contributed by atoms with E-state index in [1.807, 2.05) is 0 Å². The number of phenolic OH excluding ortho intramolecular Hbond substituents is 1. The third kappa shape index (κ3) is 7.66. The van der Waals surface area contributed by atoms with E-state index in [-0.39, 0.29) is 12.2 Å². The van der Waals surface area contributed by atoms with Gasteiger partial charge in [0.05, 0.1) is 19.3 Å². The van der Waals surface area contributed by atoms with Gasteiger partial charge in [-0.2, -0.15) is 0 Å². The highest BCUT2D eigenvalue weighted by Crippen LogP contribution is 2.11. The van der Waals surface area contributed by atoms with Crippen LogP contribution in [0.3, 0.4) is 0 Å². The molecule has 4 unspecified atom stereocenters. The van der Waals surface area contributed by atoms with Crippen molar-refractivity contribution >= 4 is 23.7 Å². The number of hydrogen-bond acceptors (Lipinski definition) is 8. The van der Waals surface area contributed by atoms with E-state index < -0.39 is 61.1 Å². The lowest BCUT2D eigenvalue weighted by Crippen LogP contribution is -2.60. The number of nitrogens with two attached hydrogens (primary N) is 1. The van der Waals surface area contributed by atoms with Crippen molar-refractivity contribution < 1.29 is 39.6 Å². The first-order valence-electron chi connectivity index (χ1n) is 8.98. The van der Waals surface area contributed by atoms with Gasteiger partial charge in [0.25, 0.3) is 0 Å². The highest BCUT2D eigenvalue weighted by Gasteiger charge is 2.32. The molecule has 3 amide bonds. The van der Waals surface area contributed by atoms with Crippen LogP contribution in [-0.4, -0.2) is 81.5 Å². The topological polar surface area (TPSA) is 211 Å². The van der Waals surface area contributed by atoms with Crippen LogP contribution in [0.2, 0.25) is 0 Å². The van der Waals surface area contributed by atoms with Crippen molar-refractivity contribution in [1.82, 2.24) is 16.0 Å². The van der Waals surface area contributed by atoms with Gasteiger partial charge in [-0.3, -0.25) is 14.4 Å². The fourth-order valence-electron chi connectivity index (χ4n) is 2.44. The minimum atomic E-state index is -1.55. The summed E-state index contributed by atoms with van der Waals surface area (Å²) in [6, 6.07) is 1.34. The molecule has 0 aliphatic rings. The minimum Gasteiger partial charge on any atom is -0.508 e. The maximum atomic E-state index is 12.5. The molecule has 9 N–H and O–H groups in total. The lowest BCUT2D eigenvalue weighted by atomic mass is 10.0. The second-order valence-electron chi connectivity index (χ2n) is 6.50. The van der Waals surface area contributed by atoms with Gasteiger partial charge >= 0.3 is 5.97 Å². The number of carboxylic acids is 1. The molecule has 0 aromatic heterocycles. The number of aliphatic carboxylic acids is 1. The lowest BCUT2D eigenvalue weighted by Gasteiger charge is -2.25. The zero-order valence-corrected chi connectivity index (χ0v) is 16.2. The van der Waals surface area contributed by atoms with Gasteiger partial charge in [0.2, 0.25) is 17.7 Å². The summed E-state index contributed by atoms with van der Waals surface area (Å²) in [5.74, 6) is -4.03. The van der Waals surface area contributed by atoms with E-state index in [0.29, 0.717) is 5.56 Å². The normalized spacial score (nSPS) is 14.7. The van der Waals surface area contributed by atoms with E-state index in [4.69, 9.17) is 5.73 Å². The van der Waals surface area contributed by atoms with Crippen LogP contribution in [0, 0.1) is 0 Å². The largest absolute Gasteiger partial charge is 0.508 e. The third-order valence-corrected chi connectivity index (χ3v) is 4.07. The predicted molar refractivity (Wildman–Crippen MR) is 103 cm³/mol. The standard InChI is InChI=1S/C18H26N4O8/c1-9(24)15(22-16(27)13(8-23)20-14(26)7-19)17(28)21-12(18(29)30)6-10-2-4-11(25)5-3-10/h2-5,9,12-13,15,23-25H,6-8,19H2,1H3,(H,20,26)(H,21,28)(H,22,27)(H,29,30). The zero-order valence-electron chi connectivity index (χ0n) is 16.2. The summed E-state index contributed by atoms with van der Waals surface area (Å²) in [5.41, 5.74) is 5.65. The second kappa shape index (κ2) is 11.7. The summed E-state index contributed by atoms with van der Waals surface area (Å²) in [6.45, 7) is -0.0152. The van der Waals surface area contributed by atoms with Gasteiger partial charge in [-0.25, -0.2) is 4.79 Å². The number of carboxylic acid groups (broad SMARTS) is 1. The smallest absolute Gasteiger partial charge is 0.326 e. The van der Waals surface area contributed by atoms with E-state index in [9.17, 15) is 39.6 Å². The van der Waals surface area contributed by atoms with E-state index in [0.717, 1.165) is 0 Å². The number of rotatable bonds is 11. The van der Waals surface area contributed by atoms with Crippen LogP contribution in [0.5, 0.6) is 5.75 Å². The Morgan fingerprint density at radius 2 is 1.60 bits per heavy atom. The van der Waals surface area contributed by atoms with Gasteiger partial charge in [0.1, 0.15) is 23.9 Å². The molecule has 1 aromatic carbocycles. The fraction of sp³-hybridized carbons (Fsp3) is 0.444. The summed E-state index contributed by atoms with van der Waals surface area (Å²) < 4.78 is 0. The van der Waals surface area contributed by atoms with Crippen LogP contribution in [0.15, 0.2) is 24.3 Å². The Bertz CT molecular complexity index is 753. The van der Waals surface area contributed by atoms with Crippen LogP contribution in [0.4, 0.5) is 0 Å². The van der Waals surface area contributed by atoms with Gasteiger partial charge in [-0.05, 0) is 24.6 Å². The molecule has 12 nitrogen and oxygen atoms in total. The van der Waals surface area contributed by atoms with E-state index in [1.54, 1.807) is 0 Å². The number of aromatic hydroxyl groups is 1. The SMILES string of the molecule is CC(O)C(NC(=O)C(CO)NC(=O)CN)C(=O)NC(Cc1ccc(O)cc1)C(=O)O. The van der Waals surface area contributed by atoms with Gasteiger partial charge < -0.3 is 42.1 Å². The second-order valence-corrected chi connectivity index (χ2v) is 6.50. The number of hydrogen-bond donors (Lipinski definition) is 8. The van der Waals surface area contributed by atoms with Crippen LogP contribution in [0.1, 0.15) is 12.5 Å². The summed E-state index contributed by atoms with van der Waals surface area (Å²) in [5, 5.41) is 44.3. The molecule has 0 saturated heterocycles. The lowest BCUT2D eigenvalue weighted by molar-refractivity contribution is -0.143. The molecule has 1 aromatic rings. The first kappa shape index (κ1) is 24.8. The highest BCUT2D eigenvalue weighted by molar-refractivity contribution is 5.94. The Morgan fingerprint density at radius 3 is 2.07 bits per heavy atom. The van der Waals surface area contributed by atoms with Crippen LogP contribution >= 0.6 is 0 Å². The number of carbonyl (C=O) groups excluding carboxylic acids is 3. The number of amides is 3. The zero-order chi connectivity index (χ0) is 22.8. The van der Waals surface area contributed by atoms with Crippen molar-refractivity contribution in [2.75, 3.05) is 13.2 Å². The summed E-state index contributed by atoms with van der Waals surface area (Å²) in [6.07, 6.45) is -1.53. The summed E-state index contributed by atoms with van der Waals surface area (Å²) in [7, 11) is 0. The summed E-state index contributed by atoms with van der Waals surface area (Å²) >= 11 is 0. The van der Waals surface area contributed by atoms with Crippen LogP contribution in [0.25, 0.3) is 0 Å². The van der Waals surface area contributed by atoms with E-state index in [2.05, 4.69) is 16.0 Å². The molecule has 0 saturated carbocycles. The first-order valence-corrected chi connectivity index (χ1v) is 8.98. The van der Waals surface area contributed by atoms with Gasteiger partial charge in [0, 0.05) is 6.42 Å². The van der Waals surface area contributed by atoms with E-state index >= 15 is 0 Å². The minimum absolute atomic E-state index is 0.00768. The first-order chi connectivity index (χ1) is 14.1. The van der Waals surface area contributed by atoms with E-state index in [1.165, 1.54) is 31.2 Å². The number of benzene rings is 1. The number of aliphatic hydroxyl groups excluding tert-OH is 2. The Hall–Kier alpha value is -3.22. The quantitative estimate of drug-likeness (QED) is 0.179. The molecule has 0 aliphatic carbocycles. The fourth-order valence-corrected chi connectivity index (χ4v) is 2.44. The van der Waals surface area contributed by atoms with Crippen molar-refractivity contribution in [1.29, 1.82) is 0 Å². The Morgan fingerprint density at radius 1 is 1.00 bits per heavy atom. The molecular formula is C18H26N4O8. The van der Waals surface area contributed by atoms with Crippen LogP contribution < -0.4 is 21.7 Å². The number of aliphatic hydroxyl groups is 2. The number of phenols is 1. The van der Waals surface area contributed by atoms with Crippen molar-refractivity contribution in [2.24, 2.45) is 5.73 Å². The molecule has 30 heavy (non-hydrogen) atoms. The van der Waals surface area contributed by atoms with Crippen molar-refractivity contribution in [3.63, 3.8) is 0 Å². The summed E-state index contributed by atoms with van der Waals surface area (Å²) in [4.78, 5) is 47.6. The molecule has 0 bridgehead atoms. The maximum absolute atomic E-state index is 12.5. The van der Waals surface area contributed by atoms with Crippen molar-refractivity contribution in [3.8, 4) is 5.75 Å². The average molecular weight is 426 g/mol. The number of carbonyl (C=O) groups is 4. The van der Waals surface area contributed by atoms with Gasteiger partial charge in [-0.1, -0.05) is 12.1 Å². The van der Waals surface area contributed by atoms with Crippen molar-refractivity contribution in [2.45, 2.75) is 37.6 Å². The maximum Gasteiger partial charge on any atom is 0.326 e. The van der Waals surface area contributed by atoms with Crippen LogP contribution in [-0.2, 0) is 25.6 Å².